The van der Waals surface area contributed by atoms with Crippen molar-refractivity contribution in [3.05, 3.63) is 48.3 Å². The van der Waals surface area contributed by atoms with Crippen LogP contribution in [0.2, 0.25) is 0 Å². The maximum atomic E-state index is 13.5. The molecule has 0 radical (unpaired) electrons. The van der Waals surface area contributed by atoms with Crippen molar-refractivity contribution in [3.8, 4) is 34.6 Å². The molecule has 0 saturated carbocycles. The Bertz CT molecular complexity index is 1770. The van der Waals surface area contributed by atoms with Crippen molar-refractivity contribution in [2.45, 2.75) is 39.0 Å². The topological polar surface area (TPSA) is 151 Å². The minimum atomic E-state index is -3.81. The van der Waals surface area contributed by atoms with Gasteiger partial charge >= 0.3 is 6.09 Å². The van der Waals surface area contributed by atoms with Crippen molar-refractivity contribution in [1.82, 2.24) is 33.7 Å². The third-order valence-corrected chi connectivity index (χ3v) is 8.72. The molecule has 4 aromatic rings. The van der Waals surface area contributed by atoms with Crippen LogP contribution in [-0.2, 0) is 20.5 Å². The Hall–Kier alpha value is -4.50. The van der Waals surface area contributed by atoms with E-state index in [-0.39, 0.29) is 37.5 Å². The lowest BCUT2D eigenvalue weighted by molar-refractivity contribution is 0.0192. The fourth-order valence-electron chi connectivity index (χ4n) is 4.91. The zero-order chi connectivity index (χ0) is 32.4. The monoisotopic (exact) mass is 639 g/mol. The van der Waals surface area contributed by atoms with E-state index in [1.807, 2.05) is 6.92 Å². The highest BCUT2D eigenvalue weighted by molar-refractivity contribution is 7.88. The van der Waals surface area contributed by atoms with Gasteiger partial charge in [-0.1, -0.05) is 12.1 Å². The molecular formula is C30H37N7O7S. The van der Waals surface area contributed by atoms with Gasteiger partial charge in [-0.15, -0.1) is 0 Å². The number of methoxy groups -OCH3 is 2. The standard InChI is InChI=1S/C30H37N7O7S/c1-7-43-24-13-8-10-21(33-24)27-34-26-28(37(27)25-22(41-5)11-9-12-23(25)42-6)32-20(18-31-26)19-45(39,40)36-16-14-35(15-17-36)29(38)44-30(2,3)4/h8-13,18H,7,14-17,19H2,1-6H3. The minimum absolute atomic E-state index is 0.138. The maximum Gasteiger partial charge on any atom is 0.410 e. The Morgan fingerprint density at radius 2 is 1.60 bits per heavy atom. The molecule has 0 aliphatic carbocycles. The summed E-state index contributed by atoms with van der Waals surface area (Å²) in [5.74, 6) is 1.34. The number of hydrogen-bond acceptors (Lipinski definition) is 11. The summed E-state index contributed by atoms with van der Waals surface area (Å²) in [6, 6.07) is 10.7. The third kappa shape index (κ3) is 6.93. The van der Waals surface area contributed by atoms with Crippen LogP contribution in [0, 0.1) is 0 Å². The highest BCUT2D eigenvalue weighted by atomic mass is 32.2. The van der Waals surface area contributed by atoms with Gasteiger partial charge in [0.15, 0.2) is 17.1 Å². The van der Waals surface area contributed by atoms with Gasteiger partial charge in [0.1, 0.15) is 34.2 Å². The number of benzene rings is 1. The fraction of sp³-hybridized carbons (Fsp3) is 0.433. The number of ether oxygens (including phenoxy) is 4. The number of pyridine rings is 1. The number of rotatable bonds is 9. The molecule has 1 aliphatic rings. The lowest BCUT2D eigenvalue weighted by atomic mass is 10.2. The van der Waals surface area contributed by atoms with Crippen molar-refractivity contribution in [2.24, 2.45) is 0 Å². The van der Waals surface area contributed by atoms with Gasteiger partial charge in [0.05, 0.1) is 32.7 Å². The molecule has 1 aromatic carbocycles. The van der Waals surface area contributed by atoms with Crippen LogP contribution >= 0.6 is 0 Å². The first-order chi connectivity index (χ1) is 21.4. The van der Waals surface area contributed by atoms with E-state index in [2.05, 4.69) is 9.97 Å². The average molecular weight is 640 g/mol. The van der Waals surface area contributed by atoms with Gasteiger partial charge in [-0.2, -0.15) is 4.31 Å². The molecule has 240 valence electrons. The number of piperazine rings is 1. The van der Waals surface area contributed by atoms with Gasteiger partial charge in [-0.05, 0) is 45.9 Å². The Morgan fingerprint density at radius 3 is 2.22 bits per heavy atom. The zero-order valence-electron chi connectivity index (χ0n) is 26.2. The Balaban J connectivity index is 1.52. The number of amides is 1. The summed E-state index contributed by atoms with van der Waals surface area (Å²) >= 11 is 0. The second-order valence-electron chi connectivity index (χ2n) is 11.2. The average Bonchev–Trinajstić information content (AvgIpc) is 3.38. The van der Waals surface area contributed by atoms with Gasteiger partial charge in [0.25, 0.3) is 0 Å². The molecule has 1 fully saturated rings. The van der Waals surface area contributed by atoms with Gasteiger partial charge < -0.3 is 23.8 Å². The molecular weight excluding hydrogens is 602 g/mol. The SMILES string of the molecule is CCOc1cccc(-c2nc3ncc(CS(=O)(=O)N4CCN(C(=O)OC(C)(C)C)CC4)nc3n2-c2c(OC)cccc2OC)n1. The number of para-hydroxylation sites is 1. The van der Waals surface area contributed by atoms with E-state index in [4.69, 9.17) is 28.9 Å². The van der Waals surface area contributed by atoms with Crippen LogP contribution in [0.15, 0.2) is 42.6 Å². The van der Waals surface area contributed by atoms with Crippen molar-refractivity contribution < 1.29 is 32.2 Å². The molecule has 0 unspecified atom stereocenters. The Labute approximate surface area is 262 Å². The minimum Gasteiger partial charge on any atom is -0.494 e. The summed E-state index contributed by atoms with van der Waals surface area (Å²) in [6.45, 7) is 8.38. The molecule has 0 N–H and O–H groups in total. The van der Waals surface area contributed by atoms with E-state index in [9.17, 15) is 13.2 Å². The van der Waals surface area contributed by atoms with Crippen LogP contribution in [0.1, 0.15) is 33.4 Å². The van der Waals surface area contributed by atoms with Gasteiger partial charge in [0, 0.05) is 32.2 Å². The second-order valence-corrected chi connectivity index (χ2v) is 13.2. The summed E-state index contributed by atoms with van der Waals surface area (Å²) in [4.78, 5) is 32.6. The molecule has 3 aromatic heterocycles. The van der Waals surface area contributed by atoms with Crippen LogP contribution in [0.3, 0.4) is 0 Å². The molecule has 1 amide bonds. The summed E-state index contributed by atoms with van der Waals surface area (Å²) in [5, 5.41) is 0. The van der Waals surface area contributed by atoms with Gasteiger partial charge in [0.2, 0.25) is 15.9 Å². The summed E-state index contributed by atoms with van der Waals surface area (Å²) in [5.41, 5.74) is 1.11. The predicted molar refractivity (Wildman–Crippen MR) is 166 cm³/mol. The number of fused-ring (bicyclic) bond motifs is 1. The normalized spacial score (nSPS) is 14.4. The number of sulfonamides is 1. The fourth-order valence-corrected chi connectivity index (χ4v) is 6.33. The first-order valence-corrected chi connectivity index (χ1v) is 16.1. The molecule has 14 nitrogen and oxygen atoms in total. The Kier molecular flexibility index (Phi) is 9.11. The molecule has 0 atom stereocenters. The third-order valence-electron chi connectivity index (χ3n) is 6.91. The van der Waals surface area contributed by atoms with E-state index < -0.39 is 27.5 Å². The quantitative estimate of drug-likeness (QED) is 0.264. The number of carbonyl (C=O) groups excluding carboxylic acids is 1. The molecule has 5 rings (SSSR count). The van der Waals surface area contributed by atoms with Crippen molar-refractivity contribution in [1.29, 1.82) is 0 Å². The molecule has 0 spiro atoms. The van der Waals surface area contributed by atoms with Crippen LogP contribution in [0.25, 0.3) is 28.5 Å². The lowest BCUT2D eigenvalue weighted by Gasteiger charge is -2.34. The highest BCUT2D eigenvalue weighted by Gasteiger charge is 2.32. The van der Waals surface area contributed by atoms with E-state index in [1.165, 1.54) is 29.6 Å². The van der Waals surface area contributed by atoms with Crippen molar-refractivity contribution in [3.63, 3.8) is 0 Å². The number of nitrogens with zero attached hydrogens (tertiary/aromatic N) is 7. The van der Waals surface area contributed by atoms with Crippen LogP contribution in [0.5, 0.6) is 17.4 Å². The molecule has 1 saturated heterocycles. The van der Waals surface area contributed by atoms with E-state index in [0.717, 1.165) is 0 Å². The molecule has 1 aliphatic heterocycles. The molecule has 45 heavy (non-hydrogen) atoms. The second kappa shape index (κ2) is 12.9. The largest absolute Gasteiger partial charge is 0.494 e. The van der Waals surface area contributed by atoms with Crippen LogP contribution in [-0.4, -0.2) is 101 Å². The van der Waals surface area contributed by atoms with Crippen molar-refractivity contribution in [2.75, 3.05) is 47.0 Å². The number of hydrogen-bond donors (Lipinski definition) is 0. The van der Waals surface area contributed by atoms with E-state index in [0.29, 0.717) is 46.8 Å². The predicted octanol–water partition coefficient (Wildman–Crippen LogP) is 3.68. The first-order valence-electron chi connectivity index (χ1n) is 14.5. The van der Waals surface area contributed by atoms with Crippen molar-refractivity contribution >= 4 is 27.4 Å². The summed E-state index contributed by atoms with van der Waals surface area (Å²) in [7, 11) is -0.728. The summed E-state index contributed by atoms with van der Waals surface area (Å²) < 4.78 is 52.5. The number of aromatic nitrogens is 5. The molecule has 0 bridgehead atoms. The molecule has 4 heterocycles. The Morgan fingerprint density at radius 1 is 0.933 bits per heavy atom. The first kappa shape index (κ1) is 31.9. The van der Waals surface area contributed by atoms with E-state index in [1.54, 1.807) is 61.7 Å². The zero-order valence-corrected chi connectivity index (χ0v) is 27.0. The van der Waals surface area contributed by atoms with Crippen LogP contribution < -0.4 is 14.2 Å². The van der Waals surface area contributed by atoms with E-state index >= 15 is 0 Å². The number of carbonyl (C=O) groups is 1. The summed E-state index contributed by atoms with van der Waals surface area (Å²) in [6.07, 6.45) is 0.939. The lowest BCUT2D eigenvalue weighted by Crippen LogP contribution is -2.51. The number of imidazole rings is 1. The van der Waals surface area contributed by atoms with Gasteiger partial charge in [-0.3, -0.25) is 4.57 Å². The highest BCUT2D eigenvalue weighted by Crippen LogP contribution is 2.38. The maximum absolute atomic E-state index is 13.5. The molecule has 15 heteroatoms. The van der Waals surface area contributed by atoms with Crippen LogP contribution in [0.4, 0.5) is 4.79 Å². The smallest absolute Gasteiger partial charge is 0.410 e. The van der Waals surface area contributed by atoms with Gasteiger partial charge in [-0.25, -0.2) is 33.1 Å².